The number of aromatic nitrogens is 2. The van der Waals surface area contributed by atoms with Crippen molar-refractivity contribution < 1.29 is 4.52 Å². The first-order chi connectivity index (χ1) is 9.36. The standard InChI is InChI=1S/C12H14N2O2.C4H10.CH4/c1-4-14-7-10(5-6-11(14)15)12-8(2)13-16-9(12)3;1-4(2)3;/h5-7H,4H2,1-3H3;4H,1-3H3;1H4. The predicted molar refractivity (Wildman–Crippen MR) is 88.6 cm³/mol. The van der Waals surface area contributed by atoms with Gasteiger partial charge in [-0.1, -0.05) is 33.4 Å². The first kappa shape index (κ1) is 19.2. The average molecular weight is 292 g/mol. The minimum Gasteiger partial charge on any atom is -0.361 e. The van der Waals surface area contributed by atoms with Gasteiger partial charge in [-0.15, -0.1) is 0 Å². The van der Waals surface area contributed by atoms with E-state index in [0.717, 1.165) is 28.5 Å². The molecule has 0 N–H and O–H groups in total. The Kier molecular flexibility index (Phi) is 7.71. The molecule has 0 aliphatic heterocycles. The summed E-state index contributed by atoms with van der Waals surface area (Å²) in [6.45, 7) is 12.9. The molecular weight excluding hydrogens is 264 g/mol. The van der Waals surface area contributed by atoms with Crippen LogP contribution < -0.4 is 5.56 Å². The van der Waals surface area contributed by atoms with Crippen LogP contribution in [-0.2, 0) is 6.54 Å². The van der Waals surface area contributed by atoms with Crippen LogP contribution in [0, 0.1) is 19.8 Å². The summed E-state index contributed by atoms with van der Waals surface area (Å²) < 4.78 is 6.78. The molecular formula is C17H28N2O2. The summed E-state index contributed by atoms with van der Waals surface area (Å²) >= 11 is 0. The second-order valence-corrected chi connectivity index (χ2v) is 5.47. The molecule has 0 fully saturated rings. The van der Waals surface area contributed by atoms with Gasteiger partial charge in [0.15, 0.2) is 0 Å². The first-order valence-electron chi connectivity index (χ1n) is 7.00. The maximum atomic E-state index is 11.5. The second-order valence-electron chi connectivity index (χ2n) is 5.47. The van der Waals surface area contributed by atoms with E-state index in [9.17, 15) is 4.79 Å². The van der Waals surface area contributed by atoms with E-state index in [4.69, 9.17) is 4.52 Å². The SMILES string of the molecule is C.CC(C)C.CCn1cc(-c2c(C)noc2C)ccc1=O. The lowest BCUT2D eigenvalue weighted by molar-refractivity contribution is 0.393. The van der Waals surface area contributed by atoms with Crippen molar-refractivity contribution in [2.45, 2.75) is 55.5 Å². The number of hydrogen-bond donors (Lipinski definition) is 0. The molecule has 21 heavy (non-hydrogen) atoms. The van der Waals surface area contributed by atoms with E-state index in [1.807, 2.05) is 27.0 Å². The minimum absolute atomic E-state index is 0. The molecule has 0 aliphatic rings. The van der Waals surface area contributed by atoms with E-state index in [0.29, 0.717) is 6.54 Å². The van der Waals surface area contributed by atoms with Gasteiger partial charge in [0.2, 0.25) is 0 Å². The van der Waals surface area contributed by atoms with Gasteiger partial charge in [0.05, 0.1) is 5.69 Å². The smallest absolute Gasteiger partial charge is 0.250 e. The molecule has 4 nitrogen and oxygen atoms in total. The quantitative estimate of drug-likeness (QED) is 0.822. The Morgan fingerprint density at radius 1 is 1.24 bits per heavy atom. The zero-order valence-electron chi connectivity index (χ0n) is 13.2. The van der Waals surface area contributed by atoms with Crippen molar-refractivity contribution >= 4 is 0 Å². The Hall–Kier alpha value is -1.84. The number of rotatable bonds is 2. The highest BCUT2D eigenvalue weighted by Gasteiger charge is 2.11. The molecule has 0 spiro atoms. The molecule has 0 saturated carbocycles. The zero-order valence-corrected chi connectivity index (χ0v) is 13.2. The second kappa shape index (κ2) is 8.45. The average Bonchev–Trinajstić information content (AvgIpc) is 2.69. The van der Waals surface area contributed by atoms with Crippen molar-refractivity contribution in [3.05, 3.63) is 40.1 Å². The molecule has 0 unspecified atom stereocenters. The van der Waals surface area contributed by atoms with Crippen LogP contribution in [0.25, 0.3) is 11.1 Å². The van der Waals surface area contributed by atoms with Crippen LogP contribution in [0.3, 0.4) is 0 Å². The normalized spacial score (nSPS) is 9.86. The lowest BCUT2D eigenvalue weighted by Gasteiger charge is -2.05. The topological polar surface area (TPSA) is 48.0 Å². The van der Waals surface area contributed by atoms with Gasteiger partial charge in [0.25, 0.3) is 5.56 Å². The van der Waals surface area contributed by atoms with E-state index in [-0.39, 0.29) is 13.0 Å². The van der Waals surface area contributed by atoms with E-state index in [1.165, 1.54) is 0 Å². The number of pyridine rings is 1. The summed E-state index contributed by atoms with van der Waals surface area (Å²) in [5, 5.41) is 3.91. The van der Waals surface area contributed by atoms with Crippen molar-refractivity contribution in [2.75, 3.05) is 0 Å². The monoisotopic (exact) mass is 292 g/mol. The van der Waals surface area contributed by atoms with Gasteiger partial charge in [-0.05, 0) is 32.8 Å². The van der Waals surface area contributed by atoms with Crippen LogP contribution in [0.15, 0.2) is 27.6 Å². The predicted octanol–water partition coefficient (Wildman–Crippen LogP) is 4.44. The fourth-order valence-corrected chi connectivity index (χ4v) is 1.82. The third-order valence-electron chi connectivity index (χ3n) is 2.65. The lowest BCUT2D eigenvalue weighted by Crippen LogP contribution is -2.17. The third kappa shape index (κ3) is 5.21. The number of hydrogen-bond acceptors (Lipinski definition) is 3. The molecule has 118 valence electrons. The van der Waals surface area contributed by atoms with Crippen molar-refractivity contribution in [3.63, 3.8) is 0 Å². The molecule has 0 amide bonds. The largest absolute Gasteiger partial charge is 0.361 e. The van der Waals surface area contributed by atoms with E-state index in [2.05, 4.69) is 25.9 Å². The maximum absolute atomic E-state index is 11.5. The number of aryl methyl sites for hydroxylation is 3. The van der Waals surface area contributed by atoms with Gasteiger partial charge in [-0.2, -0.15) is 0 Å². The summed E-state index contributed by atoms with van der Waals surface area (Å²) in [5.74, 6) is 1.61. The van der Waals surface area contributed by atoms with E-state index >= 15 is 0 Å². The lowest BCUT2D eigenvalue weighted by atomic mass is 10.1. The number of nitrogens with zero attached hydrogens (tertiary/aromatic N) is 2. The first-order valence-corrected chi connectivity index (χ1v) is 7.00. The van der Waals surface area contributed by atoms with Gasteiger partial charge in [-0.25, -0.2) is 0 Å². The van der Waals surface area contributed by atoms with E-state index in [1.54, 1.807) is 16.7 Å². The van der Waals surface area contributed by atoms with E-state index < -0.39 is 0 Å². The molecule has 2 aromatic rings. The molecule has 0 bridgehead atoms. The third-order valence-corrected chi connectivity index (χ3v) is 2.65. The Morgan fingerprint density at radius 3 is 2.24 bits per heavy atom. The van der Waals surface area contributed by atoms with Gasteiger partial charge >= 0.3 is 0 Å². The van der Waals surface area contributed by atoms with Crippen molar-refractivity contribution in [3.8, 4) is 11.1 Å². The highest BCUT2D eigenvalue weighted by molar-refractivity contribution is 5.66. The summed E-state index contributed by atoms with van der Waals surface area (Å²) in [5.41, 5.74) is 2.80. The molecule has 2 heterocycles. The van der Waals surface area contributed by atoms with Crippen LogP contribution in [0.1, 0.15) is 46.6 Å². The molecule has 4 heteroatoms. The molecule has 0 aromatic carbocycles. The Morgan fingerprint density at radius 2 is 1.81 bits per heavy atom. The highest BCUT2D eigenvalue weighted by atomic mass is 16.5. The van der Waals surface area contributed by atoms with Crippen LogP contribution >= 0.6 is 0 Å². The van der Waals surface area contributed by atoms with Crippen LogP contribution in [0.4, 0.5) is 0 Å². The van der Waals surface area contributed by atoms with Crippen LogP contribution in [-0.4, -0.2) is 9.72 Å². The molecule has 0 aliphatic carbocycles. The zero-order chi connectivity index (χ0) is 15.3. The fraction of sp³-hybridized carbons (Fsp3) is 0.529. The minimum atomic E-state index is 0. The Bertz CT molecular complexity index is 587. The molecule has 0 saturated heterocycles. The maximum Gasteiger partial charge on any atom is 0.250 e. The van der Waals surface area contributed by atoms with Crippen molar-refractivity contribution in [1.82, 2.24) is 9.72 Å². The molecule has 2 rings (SSSR count). The van der Waals surface area contributed by atoms with Crippen LogP contribution in [0.5, 0.6) is 0 Å². The van der Waals surface area contributed by atoms with Gasteiger partial charge in [0.1, 0.15) is 5.76 Å². The van der Waals surface area contributed by atoms with Gasteiger partial charge in [0, 0.05) is 29.9 Å². The summed E-state index contributed by atoms with van der Waals surface area (Å²) in [6, 6.07) is 3.38. The fourth-order valence-electron chi connectivity index (χ4n) is 1.82. The summed E-state index contributed by atoms with van der Waals surface area (Å²) in [4.78, 5) is 11.5. The van der Waals surface area contributed by atoms with Gasteiger partial charge < -0.3 is 9.09 Å². The van der Waals surface area contributed by atoms with Crippen molar-refractivity contribution in [2.24, 2.45) is 5.92 Å². The molecule has 0 atom stereocenters. The highest BCUT2D eigenvalue weighted by Crippen LogP contribution is 2.25. The van der Waals surface area contributed by atoms with Crippen LogP contribution in [0.2, 0.25) is 0 Å². The Labute approximate surface area is 127 Å². The summed E-state index contributed by atoms with van der Waals surface area (Å²) in [7, 11) is 0. The Balaban J connectivity index is 0.000000715. The summed E-state index contributed by atoms with van der Waals surface area (Å²) in [6.07, 6.45) is 1.84. The van der Waals surface area contributed by atoms with Crippen molar-refractivity contribution in [1.29, 1.82) is 0 Å². The van der Waals surface area contributed by atoms with Gasteiger partial charge in [-0.3, -0.25) is 4.79 Å². The molecule has 0 radical (unpaired) electrons. The molecule has 2 aromatic heterocycles.